The van der Waals surface area contributed by atoms with Crippen molar-refractivity contribution in [2.45, 2.75) is 57.1 Å². The Morgan fingerprint density at radius 3 is 2.57 bits per heavy atom. The minimum atomic E-state index is -0.0834. The molecule has 1 fully saturated rings. The van der Waals surface area contributed by atoms with Crippen molar-refractivity contribution in [1.29, 1.82) is 0 Å². The van der Waals surface area contributed by atoms with Crippen molar-refractivity contribution in [3.05, 3.63) is 33.8 Å². The van der Waals surface area contributed by atoms with Crippen LogP contribution in [0.3, 0.4) is 0 Å². The number of methoxy groups -OCH3 is 1. The monoisotopic (exact) mass is 329 g/mol. The Bertz CT molecular complexity index is 458. The second kappa shape index (κ2) is 7.82. The summed E-state index contributed by atoms with van der Waals surface area (Å²) in [5.41, 5.74) is 1.01. The molecule has 0 spiro atoms. The number of ether oxygens (including phenoxy) is 1. The van der Waals surface area contributed by atoms with Crippen molar-refractivity contribution in [3.8, 4) is 0 Å². The Balaban J connectivity index is 2.23. The summed E-state index contributed by atoms with van der Waals surface area (Å²) in [6, 6.07) is 5.95. The number of halogens is 2. The highest BCUT2D eigenvalue weighted by molar-refractivity contribution is 6.33. The van der Waals surface area contributed by atoms with E-state index in [-0.39, 0.29) is 11.6 Å². The molecule has 2 rings (SSSR count). The molecule has 1 aliphatic carbocycles. The van der Waals surface area contributed by atoms with Crippen molar-refractivity contribution in [1.82, 2.24) is 5.32 Å². The van der Waals surface area contributed by atoms with Crippen molar-refractivity contribution in [2.75, 3.05) is 13.7 Å². The molecule has 0 aliphatic heterocycles. The number of benzene rings is 1. The van der Waals surface area contributed by atoms with Crippen LogP contribution in [0.2, 0.25) is 10.0 Å². The van der Waals surface area contributed by atoms with Gasteiger partial charge in [0.05, 0.1) is 5.60 Å². The summed E-state index contributed by atoms with van der Waals surface area (Å²) < 4.78 is 6.00. The lowest BCUT2D eigenvalue weighted by atomic mass is 9.77. The van der Waals surface area contributed by atoms with Gasteiger partial charge < -0.3 is 10.1 Å². The maximum atomic E-state index is 6.34. The fourth-order valence-electron chi connectivity index (χ4n) is 3.46. The summed E-state index contributed by atoms with van der Waals surface area (Å²) >= 11 is 12.5. The van der Waals surface area contributed by atoms with E-state index in [0.717, 1.165) is 41.4 Å². The van der Waals surface area contributed by atoms with Gasteiger partial charge in [0, 0.05) is 23.2 Å². The minimum absolute atomic E-state index is 0.0834. The Labute approximate surface area is 138 Å². The third-order valence-electron chi connectivity index (χ3n) is 4.62. The van der Waals surface area contributed by atoms with Crippen LogP contribution in [-0.2, 0) is 11.2 Å². The molecule has 0 aromatic heterocycles. The maximum absolute atomic E-state index is 6.34. The molecule has 1 unspecified atom stereocenters. The first kappa shape index (κ1) is 17.1. The van der Waals surface area contributed by atoms with Gasteiger partial charge in [-0.15, -0.1) is 0 Å². The van der Waals surface area contributed by atoms with Gasteiger partial charge >= 0.3 is 0 Å². The van der Waals surface area contributed by atoms with Crippen LogP contribution in [0, 0.1) is 0 Å². The van der Waals surface area contributed by atoms with Crippen LogP contribution in [-0.4, -0.2) is 25.3 Å². The summed E-state index contributed by atoms with van der Waals surface area (Å²) in [5.74, 6) is 0. The minimum Gasteiger partial charge on any atom is -0.377 e. The first-order valence-corrected chi connectivity index (χ1v) is 8.59. The predicted octanol–water partition coefficient (Wildman–Crippen LogP) is 4.86. The molecule has 0 amide bonds. The maximum Gasteiger partial charge on any atom is 0.0834 e. The van der Waals surface area contributed by atoms with Gasteiger partial charge in [-0.05, 0) is 49.6 Å². The Hall–Kier alpha value is -0.280. The number of likely N-dealkylation sites (N-methyl/N-ethyl adjacent to an activating group) is 1. The molecule has 1 saturated carbocycles. The number of rotatable bonds is 6. The van der Waals surface area contributed by atoms with Gasteiger partial charge in [0.2, 0.25) is 0 Å². The predicted molar refractivity (Wildman–Crippen MR) is 90.5 cm³/mol. The lowest BCUT2D eigenvalue weighted by Gasteiger charge is -2.43. The molecule has 1 aliphatic rings. The van der Waals surface area contributed by atoms with Crippen LogP contribution in [0.15, 0.2) is 18.2 Å². The lowest BCUT2D eigenvalue weighted by Crippen LogP contribution is -2.54. The third-order valence-corrected chi connectivity index (χ3v) is 5.23. The number of nitrogens with one attached hydrogen (secondary N) is 1. The molecule has 2 nitrogen and oxygen atoms in total. The summed E-state index contributed by atoms with van der Waals surface area (Å²) in [6.07, 6.45) is 6.85. The molecule has 118 valence electrons. The summed E-state index contributed by atoms with van der Waals surface area (Å²) in [4.78, 5) is 0. The highest BCUT2D eigenvalue weighted by Crippen LogP contribution is 2.36. The molecule has 1 N–H and O–H groups in total. The fourth-order valence-corrected chi connectivity index (χ4v) is 3.84. The van der Waals surface area contributed by atoms with Crippen molar-refractivity contribution in [2.24, 2.45) is 0 Å². The smallest absolute Gasteiger partial charge is 0.0834 e. The molecule has 0 bridgehead atoms. The molecule has 1 aromatic carbocycles. The van der Waals surface area contributed by atoms with Crippen LogP contribution >= 0.6 is 23.2 Å². The number of hydrogen-bond acceptors (Lipinski definition) is 2. The van der Waals surface area contributed by atoms with Gasteiger partial charge in [-0.1, -0.05) is 49.4 Å². The van der Waals surface area contributed by atoms with E-state index in [4.69, 9.17) is 27.9 Å². The van der Waals surface area contributed by atoms with Gasteiger partial charge in [0.15, 0.2) is 0 Å². The average Bonchev–Trinajstić information content (AvgIpc) is 2.51. The van der Waals surface area contributed by atoms with Crippen LogP contribution < -0.4 is 5.32 Å². The molecule has 21 heavy (non-hydrogen) atoms. The first-order valence-electron chi connectivity index (χ1n) is 7.84. The molecule has 0 saturated heterocycles. The Morgan fingerprint density at radius 2 is 1.95 bits per heavy atom. The van der Waals surface area contributed by atoms with Gasteiger partial charge in [-0.25, -0.2) is 0 Å². The summed E-state index contributed by atoms with van der Waals surface area (Å²) in [7, 11) is 1.84. The quantitative estimate of drug-likeness (QED) is 0.804. The second-order valence-electron chi connectivity index (χ2n) is 5.88. The normalized spacial score (nSPS) is 19.4. The molecule has 0 heterocycles. The topological polar surface area (TPSA) is 21.3 Å². The van der Waals surface area contributed by atoms with E-state index >= 15 is 0 Å². The number of hydrogen-bond donors (Lipinski definition) is 1. The summed E-state index contributed by atoms with van der Waals surface area (Å²) in [5, 5.41) is 5.13. The second-order valence-corrected chi connectivity index (χ2v) is 6.72. The Kier molecular flexibility index (Phi) is 6.36. The highest BCUT2D eigenvalue weighted by Gasteiger charge is 2.39. The zero-order valence-electron chi connectivity index (χ0n) is 12.9. The van der Waals surface area contributed by atoms with E-state index in [1.807, 2.05) is 25.3 Å². The van der Waals surface area contributed by atoms with Crippen LogP contribution in [0.5, 0.6) is 0 Å². The van der Waals surface area contributed by atoms with Gasteiger partial charge in [-0.2, -0.15) is 0 Å². The third kappa shape index (κ3) is 4.13. The van der Waals surface area contributed by atoms with E-state index in [0.29, 0.717) is 0 Å². The Morgan fingerprint density at radius 1 is 1.24 bits per heavy atom. The van der Waals surface area contributed by atoms with Crippen molar-refractivity contribution in [3.63, 3.8) is 0 Å². The summed E-state index contributed by atoms with van der Waals surface area (Å²) in [6.45, 7) is 3.06. The molecule has 1 aromatic rings. The van der Waals surface area contributed by atoms with Gasteiger partial charge in [0.25, 0.3) is 0 Å². The highest BCUT2D eigenvalue weighted by atomic mass is 35.5. The zero-order valence-corrected chi connectivity index (χ0v) is 14.4. The first-order chi connectivity index (χ1) is 10.1. The largest absolute Gasteiger partial charge is 0.377 e. The van der Waals surface area contributed by atoms with Crippen molar-refractivity contribution < 1.29 is 4.74 Å². The molecular formula is C17H25Cl2NO. The molecule has 0 radical (unpaired) electrons. The SMILES string of the molecule is CCNC(Cc1cc(Cl)ccc1Cl)C1(OC)CCCCC1. The van der Waals surface area contributed by atoms with Gasteiger partial charge in [0.1, 0.15) is 0 Å². The van der Waals surface area contributed by atoms with E-state index < -0.39 is 0 Å². The van der Waals surface area contributed by atoms with Crippen LogP contribution in [0.4, 0.5) is 0 Å². The van der Waals surface area contributed by atoms with E-state index in [9.17, 15) is 0 Å². The molecule has 4 heteroatoms. The van der Waals surface area contributed by atoms with Crippen molar-refractivity contribution >= 4 is 23.2 Å². The van der Waals surface area contributed by atoms with E-state index in [1.165, 1.54) is 19.3 Å². The van der Waals surface area contributed by atoms with E-state index in [2.05, 4.69) is 12.2 Å². The average molecular weight is 330 g/mol. The lowest BCUT2D eigenvalue weighted by molar-refractivity contribution is -0.0669. The van der Waals surface area contributed by atoms with Crippen LogP contribution in [0.1, 0.15) is 44.6 Å². The van der Waals surface area contributed by atoms with E-state index in [1.54, 1.807) is 0 Å². The fraction of sp³-hybridized carbons (Fsp3) is 0.647. The van der Waals surface area contributed by atoms with Crippen LogP contribution in [0.25, 0.3) is 0 Å². The molecule has 1 atom stereocenters. The zero-order chi connectivity index (χ0) is 15.3. The molecular weight excluding hydrogens is 305 g/mol. The standard InChI is InChI=1S/C17H25Cl2NO/c1-3-20-16(17(21-2)9-5-4-6-10-17)12-13-11-14(18)7-8-15(13)19/h7-8,11,16,20H,3-6,9-10,12H2,1-2H3. The van der Waals surface area contributed by atoms with Gasteiger partial charge in [-0.3, -0.25) is 0 Å².